The molecule has 0 unspecified atom stereocenters. The summed E-state index contributed by atoms with van der Waals surface area (Å²) in [7, 11) is 2.00. The molecule has 32 valence electrons. The van der Waals surface area contributed by atoms with E-state index in [1.54, 1.807) is 0 Å². The van der Waals surface area contributed by atoms with E-state index in [-0.39, 0.29) is 0 Å². The van der Waals surface area contributed by atoms with Crippen molar-refractivity contribution < 1.29 is 0 Å². The molecule has 0 N–H and O–H groups in total. The standard InChI is InChI=1S/C5H9B/c1-2-3-4-5-6/h2,4-5H,1,3,6H2/b5-4+. The van der Waals surface area contributed by atoms with Gasteiger partial charge in [0.2, 0.25) is 0 Å². The van der Waals surface area contributed by atoms with Crippen LogP contribution >= 0.6 is 0 Å². The van der Waals surface area contributed by atoms with Crippen LogP contribution in [0, 0.1) is 0 Å². The first kappa shape index (κ1) is 5.54. The van der Waals surface area contributed by atoms with Crippen LogP contribution in [-0.2, 0) is 0 Å². The van der Waals surface area contributed by atoms with E-state index in [1.165, 1.54) is 0 Å². The summed E-state index contributed by atoms with van der Waals surface area (Å²) in [5.74, 6) is 2.02. The van der Waals surface area contributed by atoms with Crippen molar-refractivity contribution in [2.45, 2.75) is 6.42 Å². The lowest BCUT2D eigenvalue weighted by Gasteiger charge is -1.69. The van der Waals surface area contributed by atoms with E-state index in [1.807, 2.05) is 19.9 Å². The number of hydrogen-bond acceptors (Lipinski definition) is 0. The molecule has 0 aromatic carbocycles. The molecule has 0 aromatic rings. The summed E-state index contributed by atoms with van der Waals surface area (Å²) in [5.41, 5.74) is 0. The van der Waals surface area contributed by atoms with Gasteiger partial charge in [-0.2, -0.15) is 0 Å². The molecule has 1 heteroatoms. The minimum Gasteiger partial charge on any atom is -0.127 e. The van der Waals surface area contributed by atoms with E-state index in [0.717, 1.165) is 6.42 Å². The van der Waals surface area contributed by atoms with Gasteiger partial charge < -0.3 is 0 Å². The quantitative estimate of drug-likeness (QED) is 0.338. The van der Waals surface area contributed by atoms with E-state index in [4.69, 9.17) is 0 Å². The Balaban J connectivity index is 2.85. The van der Waals surface area contributed by atoms with Gasteiger partial charge in [-0.05, 0) is 6.42 Å². The molecule has 0 radical (unpaired) electrons. The molecular formula is C5H9B. The molecule has 0 atom stereocenters. The van der Waals surface area contributed by atoms with E-state index in [0.29, 0.717) is 0 Å². The molecule has 0 saturated heterocycles. The monoisotopic (exact) mass is 80.1 g/mol. The average molecular weight is 79.9 g/mol. The lowest BCUT2D eigenvalue weighted by Crippen LogP contribution is -1.52. The Bertz CT molecular complexity index is 55.0. The first-order valence-corrected chi connectivity index (χ1v) is 2.14. The molecule has 0 aromatic heterocycles. The van der Waals surface area contributed by atoms with E-state index >= 15 is 0 Å². The highest BCUT2D eigenvalue weighted by atomic mass is 13.6. The van der Waals surface area contributed by atoms with Crippen molar-refractivity contribution in [3.63, 3.8) is 0 Å². The van der Waals surface area contributed by atoms with Gasteiger partial charge in [-0.25, -0.2) is 0 Å². The summed E-state index contributed by atoms with van der Waals surface area (Å²) in [4.78, 5) is 0. The van der Waals surface area contributed by atoms with Crippen molar-refractivity contribution in [2.24, 2.45) is 0 Å². The SMILES string of the molecule is B/C=C/CC=C. The minimum atomic E-state index is 0.997. The largest absolute Gasteiger partial charge is 0.129 e. The van der Waals surface area contributed by atoms with Crippen LogP contribution in [0.25, 0.3) is 0 Å². The van der Waals surface area contributed by atoms with Gasteiger partial charge in [0.1, 0.15) is 7.85 Å². The lowest BCUT2D eigenvalue weighted by atomic mass is 10.1. The van der Waals surface area contributed by atoms with Crippen LogP contribution in [0.5, 0.6) is 0 Å². The van der Waals surface area contributed by atoms with Gasteiger partial charge in [0.05, 0.1) is 0 Å². The third kappa shape index (κ3) is 3.54. The van der Waals surface area contributed by atoms with Gasteiger partial charge in [-0.15, -0.1) is 12.6 Å². The maximum atomic E-state index is 3.55. The highest BCUT2D eigenvalue weighted by molar-refractivity contribution is 6.16. The molecule has 0 nitrogen and oxygen atoms in total. The summed E-state index contributed by atoms with van der Waals surface area (Å²) >= 11 is 0. The highest BCUT2D eigenvalue weighted by Crippen LogP contribution is 1.77. The van der Waals surface area contributed by atoms with E-state index < -0.39 is 0 Å². The van der Waals surface area contributed by atoms with Gasteiger partial charge in [0.15, 0.2) is 0 Å². The molecule has 0 spiro atoms. The summed E-state index contributed by atoms with van der Waals surface area (Å²) in [5, 5.41) is 0. The maximum Gasteiger partial charge on any atom is 0.129 e. The van der Waals surface area contributed by atoms with Gasteiger partial charge in [-0.1, -0.05) is 12.2 Å². The minimum absolute atomic E-state index is 0.997. The molecule has 0 fully saturated rings. The van der Waals surface area contributed by atoms with E-state index in [9.17, 15) is 0 Å². The maximum absolute atomic E-state index is 3.55. The van der Waals surface area contributed by atoms with E-state index in [2.05, 4.69) is 12.7 Å². The zero-order valence-corrected chi connectivity index (χ0v) is 4.15. The Morgan fingerprint density at radius 3 is 2.50 bits per heavy atom. The number of rotatable bonds is 2. The predicted octanol–water partition coefficient (Wildman–Crippen LogP) is 0.709. The third-order valence-corrected chi connectivity index (χ3v) is 0.538. The summed E-state index contributed by atoms with van der Waals surface area (Å²) in [6.07, 6.45) is 4.93. The molecule has 0 aliphatic rings. The van der Waals surface area contributed by atoms with Crippen LogP contribution in [0.3, 0.4) is 0 Å². The van der Waals surface area contributed by atoms with Crippen LogP contribution in [0.1, 0.15) is 6.42 Å². The Kier molecular flexibility index (Phi) is 4.20. The van der Waals surface area contributed by atoms with Gasteiger partial charge in [0, 0.05) is 0 Å². The Morgan fingerprint density at radius 1 is 1.67 bits per heavy atom. The molecule has 0 aliphatic carbocycles. The fourth-order valence-electron chi connectivity index (χ4n) is 0.232. The smallest absolute Gasteiger partial charge is 0.127 e. The molecule has 0 saturated carbocycles. The first-order valence-electron chi connectivity index (χ1n) is 2.14. The van der Waals surface area contributed by atoms with Crippen molar-refractivity contribution in [3.05, 3.63) is 24.7 Å². The van der Waals surface area contributed by atoms with Gasteiger partial charge in [-0.3, -0.25) is 0 Å². The van der Waals surface area contributed by atoms with Crippen molar-refractivity contribution in [2.75, 3.05) is 0 Å². The average Bonchev–Trinajstić information content (AvgIpc) is 1.61. The van der Waals surface area contributed by atoms with Crippen LogP contribution in [0.4, 0.5) is 0 Å². The van der Waals surface area contributed by atoms with Crippen LogP contribution < -0.4 is 0 Å². The summed E-state index contributed by atoms with van der Waals surface area (Å²) < 4.78 is 0. The second kappa shape index (κ2) is 4.54. The van der Waals surface area contributed by atoms with Crippen LogP contribution in [-0.4, -0.2) is 7.85 Å². The Labute approximate surface area is 40.0 Å². The summed E-state index contributed by atoms with van der Waals surface area (Å²) in [6, 6.07) is 0. The molecule has 0 heterocycles. The molecule has 0 rings (SSSR count). The highest BCUT2D eigenvalue weighted by Gasteiger charge is 1.57. The van der Waals surface area contributed by atoms with Gasteiger partial charge >= 0.3 is 0 Å². The Hall–Kier alpha value is -0.455. The fourth-order valence-corrected chi connectivity index (χ4v) is 0.232. The molecule has 0 amide bonds. The van der Waals surface area contributed by atoms with Crippen molar-refractivity contribution in [1.29, 1.82) is 0 Å². The van der Waals surface area contributed by atoms with Crippen molar-refractivity contribution in [1.82, 2.24) is 0 Å². The Morgan fingerprint density at radius 2 is 2.33 bits per heavy atom. The zero-order chi connectivity index (χ0) is 4.83. The third-order valence-electron chi connectivity index (χ3n) is 0.538. The second-order valence-corrected chi connectivity index (χ2v) is 1.09. The van der Waals surface area contributed by atoms with Crippen molar-refractivity contribution in [3.8, 4) is 0 Å². The number of allylic oxidation sites excluding steroid dienone is 2. The molecular weight excluding hydrogens is 70.9 g/mol. The normalized spacial score (nSPS) is 9.33. The second-order valence-electron chi connectivity index (χ2n) is 1.09. The first-order chi connectivity index (χ1) is 2.91. The lowest BCUT2D eigenvalue weighted by molar-refractivity contribution is 1.42. The van der Waals surface area contributed by atoms with Crippen molar-refractivity contribution >= 4 is 7.85 Å². The predicted molar refractivity (Wildman–Crippen MR) is 32.5 cm³/mol. The molecule has 0 aliphatic heterocycles. The molecule has 0 bridgehead atoms. The fraction of sp³-hybridized carbons (Fsp3) is 0.200. The van der Waals surface area contributed by atoms with Crippen LogP contribution in [0.15, 0.2) is 24.7 Å². The summed E-state index contributed by atoms with van der Waals surface area (Å²) in [6.45, 7) is 3.55. The topological polar surface area (TPSA) is 0 Å². The zero-order valence-electron chi connectivity index (χ0n) is 4.15. The number of hydrogen-bond donors (Lipinski definition) is 0. The van der Waals surface area contributed by atoms with Crippen LogP contribution in [0.2, 0.25) is 0 Å². The molecule has 6 heavy (non-hydrogen) atoms. The van der Waals surface area contributed by atoms with Gasteiger partial charge in [0.25, 0.3) is 0 Å².